The molecule has 138 valence electrons. The number of amides is 2. The number of halogens is 2. The number of rotatable bonds is 2. The minimum atomic E-state index is -0.509. The second-order valence-corrected chi connectivity index (χ2v) is 7.57. The third-order valence-corrected chi connectivity index (χ3v) is 5.95. The van der Waals surface area contributed by atoms with E-state index in [4.69, 9.17) is 11.6 Å². The van der Waals surface area contributed by atoms with Gasteiger partial charge in [0.2, 0.25) is 5.91 Å². The van der Waals surface area contributed by atoms with Gasteiger partial charge in [0.15, 0.2) is 0 Å². The Bertz CT molecular complexity index is 918. The fourth-order valence-corrected chi connectivity index (χ4v) is 4.74. The molecule has 0 aromatic heterocycles. The van der Waals surface area contributed by atoms with E-state index in [1.165, 1.54) is 29.2 Å². The van der Waals surface area contributed by atoms with Crippen LogP contribution in [0.5, 0.6) is 0 Å². The van der Waals surface area contributed by atoms with Crippen molar-refractivity contribution >= 4 is 29.1 Å². The van der Waals surface area contributed by atoms with Gasteiger partial charge >= 0.3 is 0 Å². The predicted octanol–water partition coefficient (Wildman–Crippen LogP) is 3.01. The number of anilines is 1. The maximum Gasteiger partial charge on any atom is 0.253 e. The van der Waals surface area contributed by atoms with Crippen molar-refractivity contribution in [3.63, 3.8) is 0 Å². The lowest BCUT2D eigenvalue weighted by Crippen LogP contribution is -2.44. The number of carbonyl (C=O) groups excluding carboxylic acids is 2. The molecule has 3 heterocycles. The van der Waals surface area contributed by atoms with E-state index in [2.05, 4.69) is 5.01 Å². The molecule has 0 spiro atoms. The van der Waals surface area contributed by atoms with E-state index in [0.29, 0.717) is 10.7 Å². The minimum absolute atomic E-state index is 0.198. The highest BCUT2D eigenvalue weighted by molar-refractivity contribution is 6.30. The Balaban J connectivity index is 1.57. The van der Waals surface area contributed by atoms with E-state index in [1.54, 1.807) is 0 Å². The van der Waals surface area contributed by atoms with Crippen molar-refractivity contribution in [2.24, 2.45) is 5.92 Å². The molecule has 3 aliphatic heterocycles. The highest BCUT2D eigenvalue weighted by Gasteiger charge is 2.62. The van der Waals surface area contributed by atoms with Crippen LogP contribution in [0.15, 0.2) is 48.5 Å². The van der Waals surface area contributed by atoms with Gasteiger partial charge in [0, 0.05) is 18.1 Å². The van der Waals surface area contributed by atoms with Gasteiger partial charge in [-0.25, -0.2) is 19.3 Å². The molecule has 3 saturated heterocycles. The van der Waals surface area contributed by atoms with Crippen LogP contribution < -0.4 is 4.90 Å². The summed E-state index contributed by atoms with van der Waals surface area (Å²) in [4.78, 5) is 27.7. The lowest BCUT2D eigenvalue weighted by molar-refractivity contribution is -0.126. The van der Waals surface area contributed by atoms with Gasteiger partial charge in [-0.1, -0.05) is 23.7 Å². The van der Waals surface area contributed by atoms with E-state index in [-0.39, 0.29) is 17.9 Å². The van der Waals surface area contributed by atoms with Gasteiger partial charge in [0.25, 0.3) is 5.91 Å². The third kappa shape index (κ3) is 2.44. The molecule has 0 N–H and O–H groups in total. The number of carbonyl (C=O) groups is 2. The van der Waals surface area contributed by atoms with Crippen LogP contribution in [0.1, 0.15) is 18.0 Å². The molecule has 0 aliphatic carbocycles. The fraction of sp³-hybridized carbons (Fsp3) is 0.300. The van der Waals surface area contributed by atoms with E-state index < -0.39 is 17.8 Å². The molecular weight excluding hydrogens is 369 g/mol. The quantitative estimate of drug-likeness (QED) is 0.745. The number of fused-ring (bicyclic) bond motifs is 3. The Morgan fingerprint density at radius 3 is 2.15 bits per heavy atom. The zero-order chi connectivity index (χ0) is 18.7. The highest BCUT2D eigenvalue weighted by atomic mass is 35.5. The maximum atomic E-state index is 13.3. The molecule has 0 unspecified atom stereocenters. The summed E-state index contributed by atoms with van der Waals surface area (Å²) in [5.41, 5.74) is 1.39. The maximum absolute atomic E-state index is 13.3. The lowest BCUT2D eigenvalue weighted by Gasteiger charge is -2.29. The third-order valence-electron chi connectivity index (χ3n) is 5.70. The van der Waals surface area contributed by atoms with Crippen molar-refractivity contribution in [3.05, 3.63) is 64.9 Å². The second-order valence-electron chi connectivity index (χ2n) is 7.14. The van der Waals surface area contributed by atoms with Gasteiger partial charge in [-0.3, -0.25) is 9.59 Å². The second kappa shape index (κ2) is 6.12. The molecule has 2 aromatic rings. The SMILES string of the molecule is O=C1[C@H]2[C@H](C(=O)N1c1ccc(F)cc1)N1CCCN1[C@H]2c1ccc(Cl)cc1. The average Bonchev–Trinajstić information content (AvgIpc) is 3.30. The molecule has 7 heteroatoms. The molecular formula is C20H17ClFN3O2. The summed E-state index contributed by atoms with van der Waals surface area (Å²) in [5, 5.41) is 4.82. The first kappa shape index (κ1) is 16.9. The van der Waals surface area contributed by atoms with Gasteiger partial charge in [-0.05, 0) is 48.4 Å². The summed E-state index contributed by atoms with van der Waals surface area (Å²) in [7, 11) is 0. The van der Waals surface area contributed by atoms with Crippen LogP contribution in [0, 0.1) is 11.7 Å². The number of hydrazine groups is 1. The lowest BCUT2D eigenvalue weighted by atomic mass is 9.90. The predicted molar refractivity (Wildman–Crippen MR) is 98.4 cm³/mol. The number of hydrogen-bond donors (Lipinski definition) is 0. The molecule has 2 amide bonds. The van der Waals surface area contributed by atoms with Gasteiger partial charge in [0.1, 0.15) is 11.9 Å². The number of benzene rings is 2. The Morgan fingerprint density at radius 1 is 0.852 bits per heavy atom. The number of nitrogens with zero attached hydrogens (tertiary/aromatic N) is 3. The molecule has 27 heavy (non-hydrogen) atoms. The summed E-state index contributed by atoms with van der Waals surface area (Å²) in [5.74, 6) is -1.35. The van der Waals surface area contributed by atoms with Crippen LogP contribution in [-0.2, 0) is 9.59 Å². The molecule has 3 atom stereocenters. The molecule has 3 aliphatic rings. The van der Waals surface area contributed by atoms with Crippen LogP contribution in [-0.4, -0.2) is 41.0 Å². The molecule has 0 bridgehead atoms. The summed E-state index contributed by atoms with van der Waals surface area (Å²) in [6.45, 7) is 1.57. The van der Waals surface area contributed by atoms with Gasteiger partial charge < -0.3 is 0 Å². The smallest absolute Gasteiger partial charge is 0.253 e. The Morgan fingerprint density at radius 2 is 1.48 bits per heavy atom. The van der Waals surface area contributed by atoms with Gasteiger partial charge in [-0.2, -0.15) is 0 Å². The monoisotopic (exact) mass is 385 g/mol. The van der Waals surface area contributed by atoms with Crippen molar-refractivity contribution in [1.29, 1.82) is 0 Å². The van der Waals surface area contributed by atoms with Gasteiger partial charge in [-0.15, -0.1) is 0 Å². The number of imide groups is 1. The molecule has 5 rings (SSSR count). The first-order chi connectivity index (χ1) is 13.1. The van der Waals surface area contributed by atoms with Crippen molar-refractivity contribution in [1.82, 2.24) is 10.0 Å². The molecule has 0 radical (unpaired) electrons. The topological polar surface area (TPSA) is 43.9 Å². The first-order valence-corrected chi connectivity index (χ1v) is 9.36. The Kier molecular flexibility index (Phi) is 3.82. The van der Waals surface area contributed by atoms with Crippen LogP contribution in [0.2, 0.25) is 5.02 Å². The molecule has 2 aromatic carbocycles. The summed E-state index contributed by atoms with van der Waals surface area (Å²) >= 11 is 6.02. The number of hydrogen-bond acceptors (Lipinski definition) is 4. The highest BCUT2D eigenvalue weighted by Crippen LogP contribution is 2.48. The van der Waals surface area contributed by atoms with Crippen LogP contribution in [0.3, 0.4) is 0 Å². The fourth-order valence-electron chi connectivity index (χ4n) is 4.62. The van der Waals surface area contributed by atoms with Crippen LogP contribution in [0.25, 0.3) is 0 Å². The summed E-state index contributed by atoms with van der Waals surface area (Å²) in [6.07, 6.45) is 0.950. The zero-order valence-electron chi connectivity index (χ0n) is 14.4. The molecule has 3 fully saturated rings. The van der Waals surface area contributed by atoms with Gasteiger partial charge in [0.05, 0.1) is 17.6 Å². The van der Waals surface area contributed by atoms with E-state index >= 15 is 0 Å². The van der Waals surface area contributed by atoms with Crippen LogP contribution in [0.4, 0.5) is 10.1 Å². The van der Waals surface area contributed by atoms with Crippen molar-refractivity contribution in [2.75, 3.05) is 18.0 Å². The summed E-state index contributed by atoms with van der Waals surface area (Å²) < 4.78 is 13.3. The largest absolute Gasteiger partial charge is 0.274 e. The Labute approximate surface area is 160 Å². The van der Waals surface area contributed by atoms with E-state index in [9.17, 15) is 14.0 Å². The van der Waals surface area contributed by atoms with Crippen molar-refractivity contribution in [2.45, 2.75) is 18.5 Å². The van der Waals surface area contributed by atoms with E-state index in [1.807, 2.05) is 29.3 Å². The van der Waals surface area contributed by atoms with Crippen molar-refractivity contribution < 1.29 is 14.0 Å². The molecule has 0 saturated carbocycles. The van der Waals surface area contributed by atoms with Crippen LogP contribution >= 0.6 is 11.6 Å². The molecule has 5 nitrogen and oxygen atoms in total. The van der Waals surface area contributed by atoms with E-state index in [0.717, 1.165) is 25.1 Å². The standard InChI is InChI=1S/C20H17ClFN3O2/c21-13-4-2-12(3-5-13)17-16-18(24-11-1-10-23(17)24)20(27)25(19(16)26)15-8-6-14(22)7-9-15/h2-9,16-18H,1,10-11H2/t16-,17+,18-/m1/s1. The van der Waals surface area contributed by atoms with Crippen molar-refractivity contribution in [3.8, 4) is 0 Å². The summed E-state index contributed by atoms with van der Waals surface area (Å²) in [6, 6.07) is 12.2. The minimum Gasteiger partial charge on any atom is -0.274 e. The zero-order valence-corrected chi connectivity index (χ0v) is 15.1. The Hall–Kier alpha value is -2.28. The average molecular weight is 386 g/mol. The first-order valence-electron chi connectivity index (χ1n) is 8.98. The normalized spacial score (nSPS) is 28.1.